The van der Waals surface area contributed by atoms with Crippen LogP contribution in [0.25, 0.3) is 0 Å². The molecule has 8 rings (SSSR count). The Bertz CT molecular complexity index is 1380. The zero-order valence-electron chi connectivity index (χ0n) is 20.8. The number of nitrogens with zero attached hydrogens (tertiary/aromatic N) is 2. The second-order valence-corrected chi connectivity index (χ2v) is 11.3. The molecule has 2 aliphatic heterocycles. The van der Waals surface area contributed by atoms with Crippen LogP contribution < -0.4 is 14.5 Å². The van der Waals surface area contributed by atoms with Crippen molar-refractivity contribution in [3.63, 3.8) is 0 Å². The summed E-state index contributed by atoms with van der Waals surface area (Å²) < 4.78 is 5.67. The first-order valence-corrected chi connectivity index (χ1v) is 13.1. The number of imide groups is 1. The third kappa shape index (κ3) is 3.32. The molecule has 2 heterocycles. The number of benzene rings is 2. The van der Waals surface area contributed by atoms with E-state index in [2.05, 4.69) is 12.2 Å². The second-order valence-electron chi connectivity index (χ2n) is 11.3. The number of carbonyl (C=O) groups is 4. The molecule has 7 heteroatoms. The van der Waals surface area contributed by atoms with Crippen molar-refractivity contribution < 1.29 is 23.9 Å². The molecule has 2 saturated carbocycles. The molecule has 4 aliphatic carbocycles. The number of aryl methyl sites for hydroxylation is 2. The summed E-state index contributed by atoms with van der Waals surface area (Å²) in [7, 11) is 0. The standard InChI is InChI=1S/C30H28N2O5/c1-15-6-7-16(2)24(10-15)31-14-17(11-25(31)33)30(36)37-19-5-3-4-18(12-19)32-28(34)26-20-8-9-21(23-13-22(20)23)27(26)29(32)35/h3-10,12,17,20-23,26-27H,11,13-14H2,1-2H3/t17-,20+,21+,22+,23+,26-,27+/m1/s1. The van der Waals surface area contributed by atoms with Gasteiger partial charge >= 0.3 is 5.97 Å². The SMILES string of the molecule is Cc1ccc(C)c(N2C[C@H](C(=O)Oc3cccc(N4C(=O)[C@@H]5[C@H]6C=C[C@@H]([C@@H]7C[C@@H]67)[C@@H]5C4=O)c3)CC2=O)c1. The van der Waals surface area contributed by atoms with Crippen LogP contribution >= 0.6 is 0 Å². The zero-order valence-corrected chi connectivity index (χ0v) is 20.8. The van der Waals surface area contributed by atoms with Gasteiger partial charge < -0.3 is 9.64 Å². The van der Waals surface area contributed by atoms with Crippen molar-refractivity contribution in [2.24, 2.45) is 41.4 Å². The fraction of sp³-hybridized carbons (Fsp3) is 0.400. The highest BCUT2D eigenvalue weighted by Gasteiger charge is 2.67. The molecule has 6 aliphatic rings. The maximum Gasteiger partial charge on any atom is 0.316 e. The quantitative estimate of drug-likeness (QED) is 0.278. The molecule has 0 radical (unpaired) electrons. The van der Waals surface area contributed by atoms with Gasteiger partial charge in [0.2, 0.25) is 17.7 Å². The first-order valence-electron chi connectivity index (χ1n) is 13.1. The summed E-state index contributed by atoms with van der Waals surface area (Å²) in [5, 5.41) is 0. The van der Waals surface area contributed by atoms with Gasteiger partial charge in [-0.25, -0.2) is 4.90 Å². The Kier molecular flexibility index (Phi) is 4.78. The highest BCUT2D eigenvalue weighted by Crippen LogP contribution is 2.65. The van der Waals surface area contributed by atoms with Gasteiger partial charge in [-0.2, -0.15) is 0 Å². The molecule has 2 aromatic carbocycles. The van der Waals surface area contributed by atoms with Crippen LogP contribution in [0.2, 0.25) is 0 Å². The highest BCUT2D eigenvalue weighted by molar-refractivity contribution is 6.22. The number of rotatable bonds is 4. The van der Waals surface area contributed by atoms with Crippen molar-refractivity contribution in [3.05, 3.63) is 65.7 Å². The van der Waals surface area contributed by atoms with Gasteiger partial charge in [0, 0.05) is 24.7 Å². The summed E-state index contributed by atoms with van der Waals surface area (Å²) >= 11 is 0. The van der Waals surface area contributed by atoms with Crippen LogP contribution in [0.4, 0.5) is 11.4 Å². The molecule has 3 amide bonds. The summed E-state index contributed by atoms with van der Waals surface area (Å²) in [5.41, 5.74) is 3.27. The van der Waals surface area contributed by atoms with Crippen molar-refractivity contribution in [3.8, 4) is 5.75 Å². The summed E-state index contributed by atoms with van der Waals surface area (Å²) in [5.74, 6) is -0.393. The molecule has 0 spiro atoms. The predicted octanol–water partition coefficient (Wildman–Crippen LogP) is 3.82. The Hall–Kier alpha value is -3.74. The van der Waals surface area contributed by atoms with Crippen molar-refractivity contribution in [2.45, 2.75) is 26.7 Å². The molecule has 0 unspecified atom stereocenters. The van der Waals surface area contributed by atoms with Crippen molar-refractivity contribution in [1.29, 1.82) is 0 Å². The second kappa shape index (κ2) is 7.88. The molecule has 7 atom stereocenters. The number of ether oxygens (including phenoxy) is 1. The number of allylic oxidation sites excluding steroid dienone is 2. The fourth-order valence-electron chi connectivity index (χ4n) is 7.21. The van der Waals surface area contributed by atoms with E-state index in [1.54, 1.807) is 29.2 Å². The number of hydrogen-bond acceptors (Lipinski definition) is 5. The van der Waals surface area contributed by atoms with Gasteiger partial charge in [0.25, 0.3) is 0 Å². The third-order valence-corrected chi connectivity index (χ3v) is 9.07. The maximum absolute atomic E-state index is 13.4. The van der Waals surface area contributed by atoms with E-state index in [1.165, 1.54) is 4.90 Å². The summed E-state index contributed by atoms with van der Waals surface area (Å²) in [6, 6.07) is 12.5. The number of anilines is 2. The van der Waals surface area contributed by atoms with Gasteiger partial charge in [-0.3, -0.25) is 19.2 Å². The lowest BCUT2D eigenvalue weighted by atomic mass is 9.63. The fourth-order valence-corrected chi connectivity index (χ4v) is 7.21. The Morgan fingerprint density at radius 3 is 2.32 bits per heavy atom. The van der Waals surface area contributed by atoms with E-state index in [0.29, 0.717) is 17.5 Å². The van der Waals surface area contributed by atoms with Gasteiger partial charge in [0.15, 0.2) is 0 Å². The first-order chi connectivity index (χ1) is 17.8. The third-order valence-electron chi connectivity index (χ3n) is 9.07. The van der Waals surface area contributed by atoms with Gasteiger partial charge in [-0.05, 0) is 73.3 Å². The van der Waals surface area contributed by atoms with Crippen LogP contribution in [-0.4, -0.2) is 30.2 Å². The van der Waals surface area contributed by atoms with E-state index in [1.807, 2.05) is 32.0 Å². The molecule has 0 N–H and O–H groups in total. The number of carbonyl (C=O) groups excluding carboxylic acids is 4. The van der Waals surface area contributed by atoms with Crippen molar-refractivity contribution in [1.82, 2.24) is 0 Å². The highest BCUT2D eigenvalue weighted by atomic mass is 16.5. The predicted molar refractivity (Wildman–Crippen MR) is 136 cm³/mol. The number of esters is 1. The average Bonchev–Trinajstić information content (AvgIpc) is 3.56. The van der Waals surface area contributed by atoms with E-state index in [-0.39, 0.29) is 60.1 Å². The van der Waals surface area contributed by atoms with Crippen molar-refractivity contribution in [2.75, 3.05) is 16.3 Å². The largest absolute Gasteiger partial charge is 0.426 e. The van der Waals surface area contributed by atoms with Crippen LogP contribution in [0.15, 0.2) is 54.6 Å². The zero-order chi connectivity index (χ0) is 25.6. The molecule has 2 aromatic rings. The maximum atomic E-state index is 13.4. The normalized spacial score (nSPS) is 33.1. The Labute approximate surface area is 215 Å². The minimum absolute atomic E-state index is 0.0798. The lowest BCUT2D eigenvalue weighted by Crippen LogP contribution is -2.40. The van der Waals surface area contributed by atoms with Gasteiger partial charge in [0.05, 0.1) is 23.4 Å². The minimum Gasteiger partial charge on any atom is -0.426 e. The molecule has 2 bridgehead atoms. The monoisotopic (exact) mass is 496 g/mol. The topological polar surface area (TPSA) is 84.0 Å². The van der Waals surface area contributed by atoms with Crippen LogP contribution in [0.5, 0.6) is 5.75 Å². The Morgan fingerprint density at radius 1 is 0.919 bits per heavy atom. The smallest absolute Gasteiger partial charge is 0.316 e. The van der Waals surface area contributed by atoms with Gasteiger partial charge in [0.1, 0.15) is 5.75 Å². The van der Waals surface area contributed by atoms with Gasteiger partial charge in [-0.1, -0.05) is 30.4 Å². The molecule has 7 nitrogen and oxygen atoms in total. The minimum atomic E-state index is -0.595. The van der Waals surface area contributed by atoms with E-state index >= 15 is 0 Å². The van der Waals surface area contributed by atoms with Crippen molar-refractivity contribution >= 4 is 35.1 Å². The van der Waals surface area contributed by atoms with Crippen LogP contribution in [0.3, 0.4) is 0 Å². The molecular weight excluding hydrogens is 468 g/mol. The molecule has 188 valence electrons. The summed E-state index contributed by atoms with van der Waals surface area (Å²) in [6.07, 6.45) is 5.50. The number of amides is 3. The van der Waals surface area contributed by atoms with E-state index in [4.69, 9.17) is 4.74 Å². The average molecular weight is 497 g/mol. The van der Waals surface area contributed by atoms with E-state index < -0.39 is 11.9 Å². The van der Waals surface area contributed by atoms with Crippen LogP contribution in [-0.2, 0) is 19.2 Å². The Morgan fingerprint density at radius 2 is 1.62 bits per heavy atom. The van der Waals surface area contributed by atoms with E-state index in [9.17, 15) is 19.2 Å². The lowest BCUT2D eigenvalue weighted by molar-refractivity contribution is -0.139. The molecule has 4 fully saturated rings. The number of hydrogen-bond donors (Lipinski definition) is 0. The molecule has 0 aromatic heterocycles. The molecule has 2 saturated heterocycles. The molecule has 37 heavy (non-hydrogen) atoms. The Balaban J connectivity index is 1.08. The van der Waals surface area contributed by atoms with Crippen LogP contribution in [0.1, 0.15) is 24.0 Å². The van der Waals surface area contributed by atoms with Crippen LogP contribution in [0, 0.1) is 55.3 Å². The van der Waals surface area contributed by atoms with E-state index in [0.717, 1.165) is 23.2 Å². The summed E-state index contributed by atoms with van der Waals surface area (Å²) in [4.78, 5) is 55.6. The first kappa shape index (κ1) is 22.5. The summed E-state index contributed by atoms with van der Waals surface area (Å²) in [6.45, 7) is 4.17. The molecular formula is C30H28N2O5. The van der Waals surface area contributed by atoms with Gasteiger partial charge in [-0.15, -0.1) is 0 Å². The lowest BCUT2D eigenvalue weighted by Gasteiger charge is -2.37.